The summed E-state index contributed by atoms with van der Waals surface area (Å²) in [6.07, 6.45) is 2.12. The van der Waals surface area contributed by atoms with Crippen LogP contribution in [0, 0.1) is 5.92 Å². The molecule has 0 aliphatic heterocycles. The van der Waals surface area contributed by atoms with Gasteiger partial charge in [0.1, 0.15) is 0 Å². The third-order valence-electron chi connectivity index (χ3n) is 2.81. The molecule has 0 saturated carbocycles. The van der Waals surface area contributed by atoms with E-state index in [1.165, 1.54) is 0 Å². The van der Waals surface area contributed by atoms with Gasteiger partial charge in [-0.2, -0.15) is 11.8 Å². The zero-order chi connectivity index (χ0) is 12.7. The van der Waals surface area contributed by atoms with E-state index in [1.54, 1.807) is 0 Å². The van der Waals surface area contributed by atoms with E-state index in [4.69, 9.17) is 0 Å². The van der Waals surface area contributed by atoms with E-state index in [0.29, 0.717) is 12.5 Å². The van der Waals surface area contributed by atoms with E-state index in [-0.39, 0.29) is 0 Å². The SMILES string of the molecule is CSCC(C)CNCC(C)(O)c1ccccc1. The quantitative estimate of drug-likeness (QED) is 0.783. The molecule has 0 radical (unpaired) electrons. The van der Waals surface area contributed by atoms with E-state index < -0.39 is 5.60 Å². The van der Waals surface area contributed by atoms with Crippen LogP contribution in [0.4, 0.5) is 0 Å². The lowest BCUT2D eigenvalue weighted by Gasteiger charge is -2.25. The van der Waals surface area contributed by atoms with E-state index >= 15 is 0 Å². The van der Waals surface area contributed by atoms with Gasteiger partial charge in [-0.05, 0) is 37.0 Å². The van der Waals surface area contributed by atoms with Gasteiger partial charge in [-0.15, -0.1) is 0 Å². The van der Waals surface area contributed by atoms with Gasteiger partial charge in [-0.3, -0.25) is 0 Å². The Kier molecular flexibility index (Phi) is 6.03. The third kappa shape index (κ3) is 5.11. The summed E-state index contributed by atoms with van der Waals surface area (Å²) in [5.74, 6) is 1.79. The molecule has 1 aromatic rings. The molecule has 2 unspecified atom stereocenters. The molecule has 0 bridgehead atoms. The molecule has 17 heavy (non-hydrogen) atoms. The largest absolute Gasteiger partial charge is 0.384 e. The van der Waals surface area contributed by atoms with Crippen LogP contribution in [0.2, 0.25) is 0 Å². The molecule has 0 saturated heterocycles. The molecule has 2 atom stereocenters. The van der Waals surface area contributed by atoms with Gasteiger partial charge < -0.3 is 10.4 Å². The van der Waals surface area contributed by atoms with Crippen LogP contribution in [-0.4, -0.2) is 30.2 Å². The Bertz CT molecular complexity index is 313. The summed E-state index contributed by atoms with van der Waals surface area (Å²) in [5, 5.41) is 13.7. The topological polar surface area (TPSA) is 32.3 Å². The number of nitrogens with one attached hydrogen (secondary N) is 1. The first-order valence-corrected chi connectivity index (χ1v) is 7.43. The molecular formula is C14H23NOS. The zero-order valence-corrected chi connectivity index (χ0v) is 11.8. The average Bonchev–Trinajstić information content (AvgIpc) is 2.30. The number of hydrogen-bond donors (Lipinski definition) is 2. The molecule has 3 heteroatoms. The standard InChI is InChI=1S/C14H23NOS/c1-12(10-17-3)9-15-11-14(2,16)13-7-5-4-6-8-13/h4-8,12,15-16H,9-11H2,1-3H3. The van der Waals surface area contributed by atoms with Gasteiger partial charge in [-0.25, -0.2) is 0 Å². The Morgan fingerprint density at radius 1 is 1.35 bits per heavy atom. The van der Waals surface area contributed by atoms with E-state index in [9.17, 15) is 5.11 Å². The predicted octanol–water partition coefficient (Wildman–Crippen LogP) is 2.48. The average molecular weight is 253 g/mol. The molecule has 0 aliphatic carbocycles. The smallest absolute Gasteiger partial charge is 0.0992 e. The fraction of sp³-hybridized carbons (Fsp3) is 0.571. The van der Waals surface area contributed by atoms with Gasteiger partial charge >= 0.3 is 0 Å². The highest BCUT2D eigenvalue weighted by molar-refractivity contribution is 7.98. The van der Waals surface area contributed by atoms with Crippen LogP contribution in [0.1, 0.15) is 19.4 Å². The molecule has 0 fully saturated rings. The van der Waals surface area contributed by atoms with Crippen LogP contribution in [0.15, 0.2) is 30.3 Å². The second kappa shape index (κ2) is 7.04. The number of thioether (sulfide) groups is 1. The third-order valence-corrected chi connectivity index (χ3v) is 3.71. The molecule has 0 spiro atoms. The van der Waals surface area contributed by atoms with Gasteiger partial charge in [-0.1, -0.05) is 37.3 Å². The molecule has 2 N–H and O–H groups in total. The van der Waals surface area contributed by atoms with Gasteiger partial charge in [0.15, 0.2) is 0 Å². The van der Waals surface area contributed by atoms with Crippen LogP contribution in [0.3, 0.4) is 0 Å². The molecule has 2 nitrogen and oxygen atoms in total. The van der Waals surface area contributed by atoms with E-state index in [2.05, 4.69) is 18.5 Å². The number of rotatable bonds is 7. The van der Waals surface area contributed by atoms with Crippen molar-refractivity contribution >= 4 is 11.8 Å². The van der Waals surface area contributed by atoms with Crippen LogP contribution < -0.4 is 5.32 Å². The van der Waals surface area contributed by atoms with Crippen LogP contribution in [0.5, 0.6) is 0 Å². The number of benzene rings is 1. The van der Waals surface area contributed by atoms with Crippen LogP contribution in [0.25, 0.3) is 0 Å². The number of hydrogen-bond acceptors (Lipinski definition) is 3. The van der Waals surface area contributed by atoms with Crippen molar-refractivity contribution in [1.82, 2.24) is 5.32 Å². The van der Waals surface area contributed by atoms with Crippen molar-refractivity contribution in [3.05, 3.63) is 35.9 Å². The van der Waals surface area contributed by atoms with Crippen molar-refractivity contribution in [2.24, 2.45) is 5.92 Å². The van der Waals surface area contributed by atoms with Gasteiger partial charge in [0.2, 0.25) is 0 Å². The summed E-state index contributed by atoms with van der Waals surface area (Å²) >= 11 is 1.86. The van der Waals surface area contributed by atoms with Crippen LogP contribution in [-0.2, 0) is 5.60 Å². The lowest BCUT2D eigenvalue weighted by molar-refractivity contribution is 0.0564. The molecule has 1 aromatic carbocycles. The predicted molar refractivity (Wildman–Crippen MR) is 76.4 cm³/mol. The minimum absolute atomic E-state index is 0.593. The summed E-state index contributed by atoms with van der Waals surface area (Å²) in [4.78, 5) is 0. The monoisotopic (exact) mass is 253 g/mol. The van der Waals surface area contributed by atoms with Crippen molar-refractivity contribution in [2.75, 3.05) is 25.1 Å². The maximum absolute atomic E-state index is 10.4. The van der Waals surface area contributed by atoms with Crippen molar-refractivity contribution in [1.29, 1.82) is 0 Å². The highest BCUT2D eigenvalue weighted by Crippen LogP contribution is 2.19. The second-order valence-corrected chi connectivity index (χ2v) is 5.74. The Balaban J connectivity index is 2.40. The van der Waals surface area contributed by atoms with E-state index in [1.807, 2.05) is 49.0 Å². The minimum atomic E-state index is -0.791. The molecule has 1 rings (SSSR count). The first-order valence-electron chi connectivity index (χ1n) is 6.04. The van der Waals surface area contributed by atoms with Crippen molar-refractivity contribution in [2.45, 2.75) is 19.4 Å². The zero-order valence-electron chi connectivity index (χ0n) is 10.9. The Morgan fingerprint density at radius 3 is 2.59 bits per heavy atom. The maximum Gasteiger partial charge on any atom is 0.0992 e. The van der Waals surface area contributed by atoms with Gasteiger partial charge in [0.05, 0.1) is 5.60 Å². The lowest BCUT2D eigenvalue weighted by Crippen LogP contribution is -2.37. The summed E-state index contributed by atoms with van der Waals surface area (Å²) in [6.45, 7) is 5.62. The molecular weight excluding hydrogens is 230 g/mol. The number of aliphatic hydroxyl groups is 1. The summed E-state index contributed by atoms with van der Waals surface area (Å²) in [7, 11) is 0. The highest BCUT2D eigenvalue weighted by atomic mass is 32.2. The maximum atomic E-state index is 10.4. The normalized spacial score (nSPS) is 16.5. The summed E-state index contributed by atoms with van der Waals surface area (Å²) in [5.41, 5.74) is 0.172. The first-order chi connectivity index (χ1) is 8.06. The Hall–Kier alpha value is -0.510. The van der Waals surface area contributed by atoms with Crippen molar-refractivity contribution < 1.29 is 5.11 Å². The fourth-order valence-electron chi connectivity index (χ4n) is 1.80. The Morgan fingerprint density at radius 2 is 2.00 bits per heavy atom. The fourth-order valence-corrected chi connectivity index (χ4v) is 2.49. The first kappa shape index (κ1) is 14.6. The van der Waals surface area contributed by atoms with Crippen LogP contribution >= 0.6 is 11.8 Å². The molecule has 0 heterocycles. The molecule has 96 valence electrons. The molecule has 0 aliphatic rings. The highest BCUT2D eigenvalue weighted by Gasteiger charge is 2.22. The summed E-state index contributed by atoms with van der Waals surface area (Å²) in [6, 6.07) is 9.81. The Labute approximate surface area is 109 Å². The van der Waals surface area contributed by atoms with Crippen molar-refractivity contribution in [3.8, 4) is 0 Å². The lowest BCUT2D eigenvalue weighted by atomic mass is 9.96. The van der Waals surface area contributed by atoms with Gasteiger partial charge in [0.25, 0.3) is 0 Å². The van der Waals surface area contributed by atoms with Gasteiger partial charge in [0, 0.05) is 6.54 Å². The molecule has 0 amide bonds. The van der Waals surface area contributed by atoms with Crippen molar-refractivity contribution in [3.63, 3.8) is 0 Å². The molecule has 0 aromatic heterocycles. The van der Waals surface area contributed by atoms with E-state index in [0.717, 1.165) is 17.9 Å². The second-order valence-electron chi connectivity index (χ2n) is 4.83. The summed E-state index contributed by atoms with van der Waals surface area (Å²) < 4.78 is 0. The minimum Gasteiger partial charge on any atom is -0.384 e.